The van der Waals surface area contributed by atoms with E-state index < -0.39 is 5.97 Å². The number of hydrogen-bond donors (Lipinski definition) is 1. The maximum Gasteiger partial charge on any atom is 0.345 e. The summed E-state index contributed by atoms with van der Waals surface area (Å²) in [6.45, 7) is 0. The molecule has 0 spiro atoms. The van der Waals surface area contributed by atoms with Gasteiger partial charge in [0.2, 0.25) is 0 Å². The van der Waals surface area contributed by atoms with E-state index in [-0.39, 0.29) is 4.88 Å². The van der Waals surface area contributed by atoms with Crippen LogP contribution in [0.1, 0.15) is 9.67 Å². The molecule has 0 amide bonds. The molecule has 0 aliphatic rings. The number of benzene rings is 2. The highest BCUT2D eigenvalue weighted by molar-refractivity contribution is 7.15. The minimum absolute atomic E-state index is 0.274. The molecule has 0 atom stereocenters. The van der Waals surface area contributed by atoms with Crippen LogP contribution in [0.25, 0.3) is 10.8 Å². The van der Waals surface area contributed by atoms with E-state index in [0.717, 1.165) is 22.1 Å². The molecule has 0 aliphatic carbocycles. The van der Waals surface area contributed by atoms with Crippen LogP contribution in [0.3, 0.4) is 0 Å². The molecule has 19 heavy (non-hydrogen) atoms. The van der Waals surface area contributed by atoms with Crippen LogP contribution in [0.15, 0.2) is 54.6 Å². The fourth-order valence-electron chi connectivity index (χ4n) is 1.84. The number of carboxylic acids is 1. The van der Waals surface area contributed by atoms with Crippen LogP contribution in [0.5, 0.6) is 10.8 Å². The highest BCUT2D eigenvalue weighted by Gasteiger charge is 2.08. The fourth-order valence-corrected chi connectivity index (χ4v) is 2.55. The lowest BCUT2D eigenvalue weighted by Gasteiger charge is -2.04. The molecule has 2 aromatic carbocycles. The van der Waals surface area contributed by atoms with E-state index in [1.807, 2.05) is 42.5 Å². The average Bonchev–Trinajstić information content (AvgIpc) is 2.87. The molecule has 1 heterocycles. The Balaban J connectivity index is 1.89. The molecule has 0 fully saturated rings. The monoisotopic (exact) mass is 270 g/mol. The van der Waals surface area contributed by atoms with Gasteiger partial charge in [-0.3, -0.25) is 0 Å². The quantitative estimate of drug-likeness (QED) is 0.767. The Labute approximate surface area is 113 Å². The molecule has 0 radical (unpaired) electrons. The molecule has 3 nitrogen and oxygen atoms in total. The lowest BCUT2D eigenvalue weighted by Crippen LogP contribution is -1.89. The summed E-state index contributed by atoms with van der Waals surface area (Å²) in [5, 5.41) is 11.7. The van der Waals surface area contributed by atoms with Gasteiger partial charge in [0.15, 0.2) is 5.06 Å². The van der Waals surface area contributed by atoms with Gasteiger partial charge in [0, 0.05) is 0 Å². The van der Waals surface area contributed by atoms with Crippen LogP contribution in [0, 0.1) is 0 Å². The second kappa shape index (κ2) is 4.74. The van der Waals surface area contributed by atoms with Gasteiger partial charge in [-0.2, -0.15) is 0 Å². The second-order valence-electron chi connectivity index (χ2n) is 4.03. The van der Waals surface area contributed by atoms with E-state index in [2.05, 4.69) is 0 Å². The number of aromatic carboxylic acids is 1. The number of thiophene rings is 1. The van der Waals surface area contributed by atoms with Crippen molar-refractivity contribution in [3.05, 3.63) is 59.5 Å². The minimum Gasteiger partial charge on any atom is -0.477 e. The first-order valence-corrected chi connectivity index (χ1v) is 6.54. The fraction of sp³-hybridized carbons (Fsp3) is 0. The Hall–Kier alpha value is -2.33. The lowest BCUT2D eigenvalue weighted by molar-refractivity contribution is 0.0702. The van der Waals surface area contributed by atoms with Crippen LogP contribution in [0.2, 0.25) is 0 Å². The minimum atomic E-state index is -0.932. The average molecular weight is 270 g/mol. The van der Waals surface area contributed by atoms with Gasteiger partial charge in [0.25, 0.3) is 0 Å². The highest BCUT2D eigenvalue weighted by Crippen LogP contribution is 2.31. The molecule has 1 N–H and O–H groups in total. The second-order valence-corrected chi connectivity index (χ2v) is 5.08. The van der Waals surface area contributed by atoms with Gasteiger partial charge in [0.05, 0.1) is 0 Å². The third kappa shape index (κ3) is 2.44. The lowest BCUT2D eigenvalue weighted by atomic mass is 10.1. The highest BCUT2D eigenvalue weighted by atomic mass is 32.1. The Bertz CT molecular complexity index is 746. The number of carboxylic acid groups (broad SMARTS) is 1. The Morgan fingerprint density at radius 3 is 2.53 bits per heavy atom. The molecule has 3 rings (SSSR count). The van der Waals surface area contributed by atoms with Gasteiger partial charge in [-0.05, 0) is 35.0 Å². The molecule has 3 aromatic rings. The number of ether oxygens (including phenoxy) is 1. The Kier molecular flexibility index (Phi) is 2.93. The zero-order chi connectivity index (χ0) is 13.2. The van der Waals surface area contributed by atoms with Crippen molar-refractivity contribution < 1.29 is 14.6 Å². The summed E-state index contributed by atoms with van der Waals surface area (Å²) in [5.74, 6) is -0.226. The SMILES string of the molecule is O=C(O)c1ccc(Oc2ccc3ccccc3c2)s1. The molecule has 0 saturated carbocycles. The van der Waals surface area contributed by atoms with E-state index >= 15 is 0 Å². The van der Waals surface area contributed by atoms with Crippen molar-refractivity contribution in [1.82, 2.24) is 0 Å². The van der Waals surface area contributed by atoms with Gasteiger partial charge in [0.1, 0.15) is 10.6 Å². The predicted octanol–water partition coefficient (Wildman–Crippen LogP) is 4.39. The third-order valence-corrected chi connectivity index (χ3v) is 3.68. The van der Waals surface area contributed by atoms with Crippen molar-refractivity contribution in [2.24, 2.45) is 0 Å². The van der Waals surface area contributed by atoms with Crippen molar-refractivity contribution in [2.45, 2.75) is 0 Å². The van der Waals surface area contributed by atoms with Crippen molar-refractivity contribution in [3.8, 4) is 10.8 Å². The predicted molar refractivity (Wildman–Crippen MR) is 75.3 cm³/mol. The van der Waals surface area contributed by atoms with E-state index in [1.165, 1.54) is 0 Å². The van der Waals surface area contributed by atoms with E-state index in [0.29, 0.717) is 10.8 Å². The molecule has 1 aromatic heterocycles. The third-order valence-electron chi connectivity index (χ3n) is 2.73. The number of hydrogen-bond acceptors (Lipinski definition) is 3. The van der Waals surface area contributed by atoms with Crippen LogP contribution < -0.4 is 4.74 Å². The summed E-state index contributed by atoms with van der Waals surface area (Å²) >= 11 is 1.12. The largest absolute Gasteiger partial charge is 0.477 e. The standard InChI is InChI=1S/C15H10O3S/c16-15(17)13-7-8-14(19-13)18-12-6-5-10-3-1-2-4-11(10)9-12/h1-9H,(H,16,17). The summed E-state index contributed by atoms with van der Waals surface area (Å²) in [5.41, 5.74) is 0. The molecule has 94 valence electrons. The number of carbonyl (C=O) groups is 1. The van der Waals surface area contributed by atoms with E-state index in [4.69, 9.17) is 9.84 Å². The molecule has 0 aliphatic heterocycles. The maximum atomic E-state index is 10.8. The number of rotatable bonds is 3. The van der Waals surface area contributed by atoms with Crippen molar-refractivity contribution in [3.63, 3.8) is 0 Å². The molecular formula is C15H10O3S. The first-order valence-electron chi connectivity index (χ1n) is 5.72. The summed E-state index contributed by atoms with van der Waals surface area (Å²) in [7, 11) is 0. The van der Waals surface area contributed by atoms with Crippen molar-refractivity contribution >= 4 is 28.1 Å². The smallest absolute Gasteiger partial charge is 0.345 e. The van der Waals surface area contributed by atoms with E-state index in [1.54, 1.807) is 12.1 Å². The normalized spacial score (nSPS) is 10.5. The van der Waals surface area contributed by atoms with Crippen LogP contribution in [0.4, 0.5) is 0 Å². The topological polar surface area (TPSA) is 46.5 Å². The summed E-state index contributed by atoms with van der Waals surface area (Å²) in [6.07, 6.45) is 0. The molecule has 0 unspecified atom stereocenters. The van der Waals surface area contributed by atoms with Crippen molar-refractivity contribution in [1.29, 1.82) is 0 Å². The van der Waals surface area contributed by atoms with Crippen LogP contribution >= 0.6 is 11.3 Å². The molecular weight excluding hydrogens is 260 g/mol. The summed E-state index contributed by atoms with van der Waals surface area (Å²) in [4.78, 5) is 11.1. The van der Waals surface area contributed by atoms with Gasteiger partial charge in [-0.15, -0.1) is 0 Å². The van der Waals surface area contributed by atoms with Crippen LogP contribution in [-0.4, -0.2) is 11.1 Å². The van der Waals surface area contributed by atoms with Crippen molar-refractivity contribution in [2.75, 3.05) is 0 Å². The Morgan fingerprint density at radius 1 is 1.00 bits per heavy atom. The van der Waals surface area contributed by atoms with Gasteiger partial charge in [-0.25, -0.2) is 4.79 Å². The van der Waals surface area contributed by atoms with Crippen LogP contribution in [-0.2, 0) is 0 Å². The van der Waals surface area contributed by atoms with Gasteiger partial charge >= 0.3 is 5.97 Å². The number of fused-ring (bicyclic) bond motifs is 1. The Morgan fingerprint density at radius 2 is 1.79 bits per heavy atom. The first-order chi connectivity index (χ1) is 9.22. The molecule has 4 heteroatoms. The van der Waals surface area contributed by atoms with Gasteiger partial charge in [-0.1, -0.05) is 41.7 Å². The molecule has 0 bridgehead atoms. The summed E-state index contributed by atoms with van der Waals surface area (Å²) < 4.78 is 5.67. The zero-order valence-corrected chi connectivity index (χ0v) is 10.7. The summed E-state index contributed by atoms with van der Waals surface area (Å²) in [6, 6.07) is 17.0. The molecule has 0 saturated heterocycles. The van der Waals surface area contributed by atoms with Gasteiger partial charge < -0.3 is 9.84 Å². The maximum absolute atomic E-state index is 10.8. The zero-order valence-electron chi connectivity index (χ0n) is 9.87. The van der Waals surface area contributed by atoms with E-state index in [9.17, 15) is 4.79 Å². The first kappa shape index (κ1) is 11.7.